The van der Waals surface area contributed by atoms with E-state index in [4.69, 9.17) is 9.47 Å². The van der Waals surface area contributed by atoms with Crippen LogP contribution in [-0.4, -0.2) is 61.7 Å². The fourth-order valence-electron chi connectivity index (χ4n) is 2.45. The van der Waals surface area contributed by atoms with Crippen LogP contribution in [0.5, 0.6) is 5.75 Å². The second-order valence-electron chi connectivity index (χ2n) is 5.77. The molecule has 1 N–H and O–H groups in total. The lowest BCUT2D eigenvalue weighted by molar-refractivity contribution is -0.390. The highest BCUT2D eigenvalue weighted by Crippen LogP contribution is 2.35. The summed E-state index contributed by atoms with van der Waals surface area (Å²) in [5.41, 5.74) is -0.274. The second kappa shape index (κ2) is 10.8. The number of carbonyl (C=O) groups is 4. The number of anilines is 1. The van der Waals surface area contributed by atoms with E-state index in [1.54, 1.807) is 0 Å². The molecule has 0 aliphatic heterocycles. The molecule has 170 valence electrons. The minimum Gasteiger partial charge on any atom is -0.476 e. The van der Waals surface area contributed by atoms with Gasteiger partial charge in [-0.25, -0.2) is 9.59 Å². The SMILES string of the molecule is COC(=O)Cc1c(C(=O)OC)sc(NC(=O)COc2cccnc2[N+](=O)[O-])c1C(=O)OC. The van der Waals surface area contributed by atoms with E-state index in [0.717, 1.165) is 21.3 Å². The molecule has 0 saturated carbocycles. The number of pyridine rings is 1. The quantitative estimate of drug-likeness (QED) is 0.244. The summed E-state index contributed by atoms with van der Waals surface area (Å²) in [5, 5.41) is 13.3. The summed E-state index contributed by atoms with van der Waals surface area (Å²) in [5.74, 6) is -4.15. The molecular formula is C18H17N3O10S. The van der Waals surface area contributed by atoms with Gasteiger partial charge in [0.15, 0.2) is 6.61 Å². The molecule has 0 spiro atoms. The van der Waals surface area contributed by atoms with Crippen LogP contribution in [0.25, 0.3) is 0 Å². The minimum atomic E-state index is -0.922. The Morgan fingerprint density at radius 3 is 2.41 bits per heavy atom. The van der Waals surface area contributed by atoms with Gasteiger partial charge < -0.3 is 34.4 Å². The summed E-state index contributed by atoms with van der Waals surface area (Å²) < 4.78 is 19.1. The van der Waals surface area contributed by atoms with Crippen LogP contribution in [-0.2, 0) is 30.2 Å². The number of ether oxygens (including phenoxy) is 4. The Kier molecular flexibility index (Phi) is 8.17. The van der Waals surface area contributed by atoms with Crippen LogP contribution in [0.1, 0.15) is 25.6 Å². The maximum Gasteiger partial charge on any atom is 0.406 e. The molecule has 2 heterocycles. The molecule has 0 aliphatic carbocycles. The van der Waals surface area contributed by atoms with Crippen LogP contribution in [0.4, 0.5) is 10.8 Å². The van der Waals surface area contributed by atoms with Crippen molar-refractivity contribution >= 4 is 46.0 Å². The molecule has 14 heteroatoms. The van der Waals surface area contributed by atoms with Crippen molar-refractivity contribution in [2.75, 3.05) is 33.3 Å². The van der Waals surface area contributed by atoms with Crippen LogP contribution in [0.15, 0.2) is 18.3 Å². The van der Waals surface area contributed by atoms with E-state index < -0.39 is 47.6 Å². The lowest BCUT2D eigenvalue weighted by Crippen LogP contribution is -2.21. The van der Waals surface area contributed by atoms with Gasteiger partial charge in [-0.1, -0.05) is 0 Å². The predicted octanol–water partition coefficient (Wildman–Crippen LogP) is 1.36. The fraction of sp³-hybridized carbons (Fsp3) is 0.278. The summed E-state index contributed by atoms with van der Waals surface area (Å²) >= 11 is 0.682. The van der Waals surface area contributed by atoms with E-state index in [9.17, 15) is 29.3 Å². The smallest absolute Gasteiger partial charge is 0.406 e. The molecular weight excluding hydrogens is 450 g/mol. The Morgan fingerprint density at radius 2 is 1.81 bits per heavy atom. The molecule has 0 unspecified atom stereocenters. The third kappa shape index (κ3) is 5.54. The van der Waals surface area contributed by atoms with Crippen molar-refractivity contribution in [1.82, 2.24) is 4.98 Å². The molecule has 2 aromatic rings. The molecule has 32 heavy (non-hydrogen) atoms. The van der Waals surface area contributed by atoms with E-state index in [2.05, 4.69) is 19.8 Å². The molecule has 0 aromatic carbocycles. The number of aromatic nitrogens is 1. The Morgan fingerprint density at radius 1 is 1.12 bits per heavy atom. The lowest BCUT2D eigenvalue weighted by atomic mass is 10.1. The maximum absolute atomic E-state index is 12.4. The Labute approximate surface area is 184 Å². The van der Waals surface area contributed by atoms with Crippen LogP contribution in [0.3, 0.4) is 0 Å². The zero-order chi connectivity index (χ0) is 23.8. The zero-order valence-electron chi connectivity index (χ0n) is 17.0. The number of esters is 3. The highest BCUT2D eigenvalue weighted by molar-refractivity contribution is 7.18. The monoisotopic (exact) mass is 467 g/mol. The van der Waals surface area contributed by atoms with Gasteiger partial charge in [-0.05, 0) is 22.0 Å². The van der Waals surface area contributed by atoms with E-state index in [1.165, 1.54) is 18.3 Å². The first-order chi connectivity index (χ1) is 15.2. The first kappa shape index (κ1) is 24.2. The van der Waals surface area contributed by atoms with Crippen LogP contribution >= 0.6 is 11.3 Å². The fourth-order valence-corrected chi connectivity index (χ4v) is 3.59. The van der Waals surface area contributed by atoms with Gasteiger partial charge in [-0.3, -0.25) is 9.59 Å². The molecule has 0 aliphatic rings. The van der Waals surface area contributed by atoms with Crippen LogP contribution < -0.4 is 10.1 Å². The highest BCUT2D eigenvalue weighted by atomic mass is 32.1. The van der Waals surface area contributed by atoms with Crippen molar-refractivity contribution in [1.29, 1.82) is 0 Å². The number of carbonyl (C=O) groups excluding carboxylic acids is 4. The molecule has 13 nitrogen and oxygen atoms in total. The average molecular weight is 467 g/mol. The van der Waals surface area contributed by atoms with Gasteiger partial charge in [0, 0.05) is 5.56 Å². The van der Waals surface area contributed by atoms with Gasteiger partial charge in [0.05, 0.1) is 33.3 Å². The third-order valence-electron chi connectivity index (χ3n) is 3.85. The number of thiophene rings is 1. The summed E-state index contributed by atoms with van der Waals surface area (Å²) in [7, 11) is 3.31. The van der Waals surface area contributed by atoms with E-state index in [1.807, 2.05) is 0 Å². The van der Waals surface area contributed by atoms with Crippen LogP contribution in [0, 0.1) is 10.1 Å². The van der Waals surface area contributed by atoms with Gasteiger partial charge in [0.2, 0.25) is 5.75 Å². The Hall–Kier alpha value is -4.07. The van der Waals surface area contributed by atoms with Gasteiger partial charge in [-0.15, -0.1) is 11.3 Å². The number of methoxy groups -OCH3 is 3. The third-order valence-corrected chi connectivity index (χ3v) is 4.98. The molecule has 0 bridgehead atoms. The van der Waals surface area contributed by atoms with Crippen molar-refractivity contribution in [3.63, 3.8) is 0 Å². The van der Waals surface area contributed by atoms with Gasteiger partial charge >= 0.3 is 23.7 Å². The molecule has 2 rings (SSSR count). The molecule has 1 amide bonds. The number of hydrogen-bond donors (Lipinski definition) is 1. The molecule has 0 radical (unpaired) electrons. The van der Waals surface area contributed by atoms with Crippen molar-refractivity contribution < 1.29 is 43.0 Å². The Balaban J connectivity index is 2.34. The minimum absolute atomic E-state index is 0.0420. The standard InChI is InChI=1S/C18H17N3O10S/c1-28-12(23)7-9-13(17(24)29-2)16(32-14(9)18(25)30-3)20-11(22)8-31-10-5-4-6-19-15(10)21(26)27/h4-6H,7-8H2,1-3H3,(H,20,22). The number of nitrogens with one attached hydrogen (secondary N) is 1. The largest absolute Gasteiger partial charge is 0.476 e. The summed E-state index contributed by atoms with van der Waals surface area (Å²) in [6, 6.07) is 2.64. The van der Waals surface area contributed by atoms with Gasteiger partial charge in [-0.2, -0.15) is 0 Å². The van der Waals surface area contributed by atoms with Crippen LogP contribution in [0.2, 0.25) is 0 Å². The number of nitrogens with zero attached hydrogens (tertiary/aromatic N) is 2. The first-order valence-corrected chi connectivity index (χ1v) is 9.46. The lowest BCUT2D eigenvalue weighted by Gasteiger charge is -2.08. The zero-order valence-corrected chi connectivity index (χ0v) is 17.8. The number of hydrogen-bond acceptors (Lipinski definition) is 12. The molecule has 0 saturated heterocycles. The van der Waals surface area contributed by atoms with E-state index in [0.29, 0.717) is 11.3 Å². The Bertz CT molecular complexity index is 1070. The summed E-state index contributed by atoms with van der Waals surface area (Å²) in [6.45, 7) is -0.676. The first-order valence-electron chi connectivity index (χ1n) is 8.64. The average Bonchev–Trinajstić information content (AvgIpc) is 3.13. The van der Waals surface area contributed by atoms with Crippen molar-refractivity contribution in [3.8, 4) is 5.75 Å². The van der Waals surface area contributed by atoms with Gasteiger partial charge in [0.1, 0.15) is 16.1 Å². The van der Waals surface area contributed by atoms with E-state index >= 15 is 0 Å². The molecule has 0 atom stereocenters. The highest BCUT2D eigenvalue weighted by Gasteiger charge is 2.31. The molecule has 2 aromatic heterocycles. The predicted molar refractivity (Wildman–Crippen MR) is 108 cm³/mol. The van der Waals surface area contributed by atoms with Crippen molar-refractivity contribution in [2.24, 2.45) is 0 Å². The summed E-state index contributed by atoms with van der Waals surface area (Å²) in [4.78, 5) is 62.3. The van der Waals surface area contributed by atoms with Crippen molar-refractivity contribution in [3.05, 3.63) is 44.4 Å². The number of amides is 1. The molecule has 0 fully saturated rings. The van der Waals surface area contributed by atoms with E-state index in [-0.39, 0.29) is 26.8 Å². The summed E-state index contributed by atoms with van der Waals surface area (Å²) in [6.07, 6.45) is 0.729. The van der Waals surface area contributed by atoms with Crippen molar-refractivity contribution in [2.45, 2.75) is 6.42 Å². The topological polar surface area (TPSA) is 173 Å². The van der Waals surface area contributed by atoms with Gasteiger partial charge in [0.25, 0.3) is 5.91 Å². The second-order valence-corrected chi connectivity index (χ2v) is 6.79. The normalized spacial score (nSPS) is 10.1. The number of nitro groups is 1. The maximum atomic E-state index is 12.4. The number of rotatable bonds is 9.